The standard InChI is InChI=1S/C7H5BrN4/c8-6-4-9-3-5(12-6)7-10-1-2-11-7/h1-4H,(H,10,11)/i1D,2D. The number of rotatable bonds is 1. The van der Waals surface area contributed by atoms with Gasteiger partial charge in [-0.3, -0.25) is 4.98 Å². The summed E-state index contributed by atoms with van der Waals surface area (Å²) in [5.74, 6) is 0.383. The first kappa shape index (κ1) is 5.42. The number of imidazole rings is 1. The lowest BCUT2D eigenvalue weighted by molar-refractivity contribution is 1.13. The summed E-state index contributed by atoms with van der Waals surface area (Å²) in [6.07, 6.45) is 2.95. The normalized spacial score (nSPS) is 12.4. The molecular formula is C7H5BrN4. The molecule has 2 rings (SSSR count). The minimum atomic E-state index is -0.0956. The molecule has 5 heteroatoms. The topological polar surface area (TPSA) is 54.5 Å². The highest BCUT2D eigenvalue weighted by Crippen LogP contribution is 2.12. The second-order valence-corrected chi connectivity index (χ2v) is 2.86. The second kappa shape index (κ2) is 3.02. The van der Waals surface area contributed by atoms with Crippen molar-refractivity contribution in [3.05, 3.63) is 29.3 Å². The number of H-pyrrole nitrogens is 1. The first-order valence-corrected chi connectivity index (χ1v) is 3.97. The predicted molar refractivity (Wildman–Crippen MR) is 47.3 cm³/mol. The monoisotopic (exact) mass is 226 g/mol. The van der Waals surface area contributed by atoms with Gasteiger partial charge in [-0.05, 0) is 15.9 Å². The van der Waals surface area contributed by atoms with Crippen LogP contribution in [0.5, 0.6) is 0 Å². The summed E-state index contributed by atoms with van der Waals surface area (Å²) < 4.78 is 15.1. The molecule has 0 aromatic carbocycles. The van der Waals surface area contributed by atoms with E-state index in [0.29, 0.717) is 16.1 Å². The van der Waals surface area contributed by atoms with Crippen molar-refractivity contribution < 1.29 is 2.74 Å². The van der Waals surface area contributed by atoms with Gasteiger partial charge in [0.25, 0.3) is 0 Å². The van der Waals surface area contributed by atoms with Gasteiger partial charge in [0.05, 0.1) is 15.1 Å². The van der Waals surface area contributed by atoms with Crippen LogP contribution < -0.4 is 0 Å². The van der Waals surface area contributed by atoms with Crippen molar-refractivity contribution in [1.82, 2.24) is 19.9 Å². The maximum absolute atomic E-state index is 7.28. The molecule has 0 amide bonds. The van der Waals surface area contributed by atoms with Gasteiger partial charge in [0.15, 0.2) is 5.82 Å². The molecule has 1 N–H and O–H groups in total. The van der Waals surface area contributed by atoms with Gasteiger partial charge >= 0.3 is 0 Å². The molecule has 2 aromatic rings. The summed E-state index contributed by atoms with van der Waals surface area (Å²) in [7, 11) is 0. The summed E-state index contributed by atoms with van der Waals surface area (Å²) in [5.41, 5.74) is 0.506. The zero-order valence-corrected chi connectivity index (χ0v) is 7.46. The van der Waals surface area contributed by atoms with Crippen LogP contribution in [0, 0.1) is 0 Å². The first-order valence-electron chi connectivity index (χ1n) is 4.18. The summed E-state index contributed by atoms with van der Waals surface area (Å²) in [6.45, 7) is 0. The van der Waals surface area contributed by atoms with Crippen LogP contribution in [-0.4, -0.2) is 19.9 Å². The number of halogens is 1. The fourth-order valence-electron chi connectivity index (χ4n) is 0.777. The fourth-order valence-corrected chi connectivity index (χ4v) is 1.09. The van der Waals surface area contributed by atoms with Gasteiger partial charge in [0, 0.05) is 12.3 Å². The maximum Gasteiger partial charge on any atom is 0.157 e. The van der Waals surface area contributed by atoms with E-state index < -0.39 is 0 Å². The number of hydrogen-bond acceptors (Lipinski definition) is 3. The van der Waals surface area contributed by atoms with Crippen LogP contribution in [0.4, 0.5) is 0 Å². The van der Waals surface area contributed by atoms with E-state index in [-0.39, 0.29) is 12.3 Å². The Morgan fingerprint density at radius 1 is 1.50 bits per heavy atom. The van der Waals surface area contributed by atoms with Gasteiger partial charge < -0.3 is 4.98 Å². The molecule has 12 heavy (non-hydrogen) atoms. The van der Waals surface area contributed by atoms with E-state index in [4.69, 9.17) is 2.74 Å². The molecule has 2 heterocycles. The van der Waals surface area contributed by atoms with Crippen molar-refractivity contribution in [2.24, 2.45) is 0 Å². The SMILES string of the molecule is [2H]c1nc(-c2cncc(Br)n2)[nH]c1[2H]. The van der Waals surface area contributed by atoms with Crippen LogP contribution in [0.3, 0.4) is 0 Å². The lowest BCUT2D eigenvalue weighted by Crippen LogP contribution is -1.87. The predicted octanol–water partition coefficient (Wildman–Crippen LogP) is 1.63. The molecule has 0 aliphatic carbocycles. The Bertz CT molecular complexity index is 451. The fraction of sp³-hybridized carbons (Fsp3) is 0. The summed E-state index contributed by atoms with van der Waals surface area (Å²) in [4.78, 5) is 14.5. The highest BCUT2D eigenvalue weighted by molar-refractivity contribution is 9.10. The molecule has 4 nitrogen and oxygen atoms in total. The maximum atomic E-state index is 7.28. The van der Waals surface area contributed by atoms with Crippen molar-refractivity contribution in [1.29, 1.82) is 0 Å². The molecule has 0 aliphatic heterocycles. The van der Waals surface area contributed by atoms with Crippen molar-refractivity contribution in [2.45, 2.75) is 0 Å². The number of aromatic amines is 1. The number of aromatic nitrogens is 4. The zero-order valence-electron chi connectivity index (χ0n) is 7.87. The molecule has 60 valence electrons. The van der Waals surface area contributed by atoms with E-state index in [0.717, 1.165) is 0 Å². The summed E-state index contributed by atoms with van der Waals surface area (Å²) in [6, 6.07) is 0. The lowest BCUT2D eigenvalue weighted by Gasteiger charge is -1.94. The zero-order chi connectivity index (χ0) is 10.1. The van der Waals surface area contributed by atoms with Crippen molar-refractivity contribution >= 4 is 15.9 Å². The van der Waals surface area contributed by atoms with Gasteiger partial charge in [0.1, 0.15) is 10.3 Å². The molecule has 0 fully saturated rings. The molecule has 0 radical (unpaired) electrons. The Morgan fingerprint density at radius 3 is 3.08 bits per heavy atom. The van der Waals surface area contributed by atoms with E-state index in [2.05, 4.69) is 35.9 Å². The van der Waals surface area contributed by atoms with Crippen LogP contribution in [0.2, 0.25) is 0 Å². The molecule has 0 aliphatic rings. The molecule has 0 atom stereocenters. The Morgan fingerprint density at radius 2 is 2.42 bits per heavy atom. The Labute approximate surface area is 80.0 Å². The third-order valence-electron chi connectivity index (χ3n) is 1.25. The molecule has 0 spiro atoms. The van der Waals surface area contributed by atoms with Crippen molar-refractivity contribution in [3.8, 4) is 11.5 Å². The minimum absolute atomic E-state index is 0.0261. The average Bonchev–Trinajstić information content (AvgIpc) is 2.47. The largest absolute Gasteiger partial charge is 0.343 e. The van der Waals surface area contributed by atoms with Crippen LogP contribution in [0.1, 0.15) is 2.74 Å². The van der Waals surface area contributed by atoms with Crippen LogP contribution in [-0.2, 0) is 0 Å². The van der Waals surface area contributed by atoms with Crippen LogP contribution in [0.25, 0.3) is 11.5 Å². The smallest absolute Gasteiger partial charge is 0.157 e. The number of nitrogens with one attached hydrogen (secondary N) is 1. The van der Waals surface area contributed by atoms with E-state index >= 15 is 0 Å². The molecule has 0 saturated heterocycles. The molecular weight excluding hydrogens is 220 g/mol. The quantitative estimate of drug-likeness (QED) is 0.805. The minimum Gasteiger partial charge on any atom is -0.343 e. The van der Waals surface area contributed by atoms with Crippen molar-refractivity contribution in [2.75, 3.05) is 0 Å². The highest BCUT2D eigenvalue weighted by atomic mass is 79.9. The third-order valence-corrected chi connectivity index (χ3v) is 1.63. The Balaban J connectivity index is 2.49. The summed E-state index contributed by atoms with van der Waals surface area (Å²) >= 11 is 3.18. The number of nitrogens with zero attached hydrogens (tertiary/aromatic N) is 3. The van der Waals surface area contributed by atoms with E-state index in [9.17, 15) is 0 Å². The lowest BCUT2D eigenvalue weighted by atomic mass is 10.4. The molecule has 0 unspecified atom stereocenters. The average molecular weight is 227 g/mol. The Hall–Kier alpha value is -1.23. The molecule has 2 aromatic heterocycles. The first-order chi connectivity index (χ1) is 6.66. The van der Waals surface area contributed by atoms with E-state index in [1.165, 1.54) is 6.20 Å². The van der Waals surface area contributed by atoms with Gasteiger partial charge in [-0.25, -0.2) is 9.97 Å². The summed E-state index contributed by atoms with van der Waals surface area (Å²) in [5, 5.41) is 0. The van der Waals surface area contributed by atoms with Crippen LogP contribution >= 0.6 is 15.9 Å². The van der Waals surface area contributed by atoms with Gasteiger partial charge in [0.2, 0.25) is 0 Å². The number of hydrogen-bond donors (Lipinski definition) is 1. The second-order valence-electron chi connectivity index (χ2n) is 2.05. The Kier molecular flexibility index (Phi) is 1.37. The highest BCUT2D eigenvalue weighted by Gasteiger charge is 2.00. The van der Waals surface area contributed by atoms with E-state index in [1.54, 1.807) is 6.20 Å². The van der Waals surface area contributed by atoms with Crippen molar-refractivity contribution in [3.63, 3.8) is 0 Å². The molecule has 0 saturated carbocycles. The molecule has 0 bridgehead atoms. The van der Waals surface area contributed by atoms with Gasteiger partial charge in [-0.15, -0.1) is 0 Å². The third kappa shape index (κ3) is 1.35. The van der Waals surface area contributed by atoms with E-state index in [1.807, 2.05) is 0 Å². The van der Waals surface area contributed by atoms with Crippen LogP contribution in [0.15, 0.2) is 29.3 Å². The van der Waals surface area contributed by atoms with Gasteiger partial charge in [-0.2, -0.15) is 0 Å². The van der Waals surface area contributed by atoms with Gasteiger partial charge in [-0.1, -0.05) is 0 Å².